The second-order valence-corrected chi connectivity index (χ2v) is 5.06. The van der Waals surface area contributed by atoms with E-state index in [1.807, 2.05) is 7.05 Å². The van der Waals surface area contributed by atoms with Crippen molar-refractivity contribution >= 4 is 11.5 Å². The number of nitrogens with zero attached hydrogens (tertiary/aromatic N) is 2. The summed E-state index contributed by atoms with van der Waals surface area (Å²) in [5.74, 6) is 0.903. The molecule has 1 heterocycles. The summed E-state index contributed by atoms with van der Waals surface area (Å²) in [6, 6.07) is 4.29. The van der Waals surface area contributed by atoms with Gasteiger partial charge in [-0.1, -0.05) is 10.6 Å². The van der Waals surface area contributed by atoms with E-state index in [-0.39, 0.29) is 6.04 Å². The molecule has 0 saturated heterocycles. The third-order valence-electron chi connectivity index (χ3n) is 2.95. The lowest BCUT2D eigenvalue weighted by Crippen LogP contribution is -2.18. The highest BCUT2D eigenvalue weighted by Gasteiger charge is 2.21. The third-order valence-corrected chi connectivity index (χ3v) is 3.68. The molecular formula is C13H17N3OS. The maximum Gasteiger partial charge on any atom is 0.124 e. The van der Waals surface area contributed by atoms with Gasteiger partial charge >= 0.3 is 0 Å². The minimum atomic E-state index is 0.0700. The molecule has 0 bridgehead atoms. The normalized spacial score (nSPS) is 12.4. The Kier molecular flexibility index (Phi) is 3.93. The summed E-state index contributed by atoms with van der Waals surface area (Å²) in [6.45, 7) is 4.17. The summed E-state index contributed by atoms with van der Waals surface area (Å²) < 4.78 is 9.44. The Morgan fingerprint density at radius 2 is 2.11 bits per heavy atom. The van der Waals surface area contributed by atoms with E-state index in [2.05, 4.69) is 40.9 Å². The smallest absolute Gasteiger partial charge is 0.124 e. The van der Waals surface area contributed by atoms with Crippen LogP contribution < -0.4 is 10.1 Å². The summed E-state index contributed by atoms with van der Waals surface area (Å²) in [4.78, 5) is 1.09. The number of nitrogens with one attached hydrogen (secondary N) is 1. The first kappa shape index (κ1) is 13.0. The quantitative estimate of drug-likeness (QED) is 0.920. The van der Waals surface area contributed by atoms with E-state index in [1.54, 1.807) is 13.3 Å². The maximum absolute atomic E-state index is 5.51. The third kappa shape index (κ3) is 2.37. The lowest BCUT2D eigenvalue weighted by atomic mass is 9.97. The Labute approximate surface area is 111 Å². The Hall–Kier alpha value is -1.46. The lowest BCUT2D eigenvalue weighted by Gasteiger charge is -2.20. The van der Waals surface area contributed by atoms with Gasteiger partial charge in [0, 0.05) is 5.56 Å². The molecule has 1 N–H and O–H groups in total. The zero-order chi connectivity index (χ0) is 13.1. The molecule has 5 heteroatoms. The van der Waals surface area contributed by atoms with Crippen molar-refractivity contribution in [3.63, 3.8) is 0 Å². The van der Waals surface area contributed by atoms with Gasteiger partial charge in [-0.15, -0.1) is 5.10 Å². The number of ether oxygens (including phenoxy) is 1. The molecule has 0 saturated carbocycles. The van der Waals surface area contributed by atoms with Crippen molar-refractivity contribution in [2.75, 3.05) is 14.2 Å². The van der Waals surface area contributed by atoms with Crippen LogP contribution in [0.25, 0.3) is 0 Å². The van der Waals surface area contributed by atoms with Crippen molar-refractivity contribution in [3.05, 3.63) is 39.9 Å². The SMILES string of the molecule is CNC(c1cnns1)c1c(C)cc(C)cc1OC. The fraction of sp³-hybridized carbons (Fsp3) is 0.385. The predicted octanol–water partition coefficient (Wildman–Crippen LogP) is 2.47. The van der Waals surface area contributed by atoms with Crippen LogP contribution in [0.1, 0.15) is 27.6 Å². The summed E-state index contributed by atoms with van der Waals surface area (Å²) in [5.41, 5.74) is 3.56. The molecule has 0 spiro atoms. The van der Waals surface area contributed by atoms with Crippen molar-refractivity contribution in [2.24, 2.45) is 0 Å². The number of rotatable bonds is 4. The van der Waals surface area contributed by atoms with Gasteiger partial charge in [0.15, 0.2) is 0 Å². The van der Waals surface area contributed by atoms with Crippen molar-refractivity contribution in [1.29, 1.82) is 0 Å². The standard InChI is InChI=1S/C13H17N3OS/c1-8-5-9(2)12(10(6-8)17-4)13(14-3)11-7-15-16-18-11/h5-7,13-14H,1-4H3. The van der Waals surface area contributed by atoms with Gasteiger partial charge in [0.25, 0.3) is 0 Å². The van der Waals surface area contributed by atoms with E-state index in [4.69, 9.17) is 4.74 Å². The highest BCUT2D eigenvalue weighted by atomic mass is 32.1. The van der Waals surface area contributed by atoms with Crippen LogP contribution >= 0.6 is 11.5 Å². The van der Waals surface area contributed by atoms with Gasteiger partial charge in [0.05, 0.1) is 24.2 Å². The van der Waals surface area contributed by atoms with Gasteiger partial charge < -0.3 is 10.1 Å². The fourth-order valence-corrected chi connectivity index (χ4v) is 2.83. The van der Waals surface area contributed by atoms with E-state index in [0.717, 1.165) is 16.2 Å². The molecule has 4 nitrogen and oxygen atoms in total. The zero-order valence-electron chi connectivity index (χ0n) is 11.0. The van der Waals surface area contributed by atoms with Crippen molar-refractivity contribution in [2.45, 2.75) is 19.9 Å². The van der Waals surface area contributed by atoms with E-state index < -0.39 is 0 Å². The van der Waals surface area contributed by atoms with Crippen LogP contribution in [0.4, 0.5) is 0 Å². The van der Waals surface area contributed by atoms with Crippen LogP contribution in [0.5, 0.6) is 5.75 Å². The molecule has 0 amide bonds. The van der Waals surface area contributed by atoms with Gasteiger partial charge in [-0.3, -0.25) is 0 Å². The lowest BCUT2D eigenvalue weighted by molar-refractivity contribution is 0.404. The zero-order valence-corrected chi connectivity index (χ0v) is 11.8. The Morgan fingerprint density at radius 1 is 1.33 bits per heavy atom. The molecule has 18 heavy (non-hydrogen) atoms. The minimum absolute atomic E-state index is 0.0700. The summed E-state index contributed by atoms with van der Waals surface area (Å²) in [5, 5.41) is 7.21. The monoisotopic (exact) mass is 263 g/mol. The van der Waals surface area contributed by atoms with Gasteiger partial charge in [-0.25, -0.2) is 0 Å². The largest absolute Gasteiger partial charge is 0.496 e. The topological polar surface area (TPSA) is 47.0 Å². The number of methoxy groups -OCH3 is 1. The fourth-order valence-electron chi connectivity index (χ4n) is 2.21. The summed E-state index contributed by atoms with van der Waals surface area (Å²) >= 11 is 1.40. The molecule has 2 rings (SSSR count). The number of hydrogen-bond donors (Lipinski definition) is 1. The van der Waals surface area contributed by atoms with E-state index in [9.17, 15) is 0 Å². The van der Waals surface area contributed by atoms with E-state index in [0.29, 0.717) is 0 Å². The first-order valence-electron chi connectivity index (χ1n) is 5.77. The van der Waals surface area contributed by atoms with Crippen LogP contribution in [0, 0.1) is 13.8 Å². The molecule has 0 aliphatic heterocycles. The molecule has 0 aliphatic rings. The van der Waals surface area contributed by atoms with Gasteiger partial charge in [-0.2, -0.15) is 0 Å². The highest BCUT2D eigenvalue weighted by Crippen LogP contribution is 2.34. The molecule has 1 aromatic heterocycles. The summed E-state index contributed by atoms with van der Waals surface area (Å²) in [7, 11) is 3.64. The molecule has 1 aromatic carbocycles. The first-order valence-corrected chi connectivity index (χ1v) is 6.54. The van der Waals surface area contributed by atoms with E-state index in [1.165, 1.54) is 22.7 Å². The van der Waals surface area contributed by atoms with E-state index >= 15 is 0 Å². The molecule has 2 aromatic rings. The average molecular weight is 263 g/mol. The maximum atomic E-state index is 5.51. The first-order chi connectivity index (χ1) is 8.67. The van der Waals surface area contributed by atoms with Crippen LogP contribution in [-0.2, 0) is 0 Å². The average Bonchev–Trinajstić information content (AvgIpc) is 2.85. The van der Waals surface area contributed by atoms with Gasteiger partial charge in [0.2, 0.25) is 0 Å². The second kappa shape index (κ2) is 5.46. The molecule has 0 radical (unpaired) electrons. The molecular weight excluding hydrogens is 246 g/mol. The molecule has 1 atom stereocenters. The number of hydrogen-bond acceptors (Lipinski definition) is 5. The number of aromatic nitrogens is 2. The van der Waals surface area contributed by atoms with Crippen molar-refractivity contribution in [3.8, 4) is 5.75 Å². The molecule has 96 valence electrons. The van der Waals surface area contributed by atoms with Gasteiger partial charge in [0.1, 0.15) is 5.75 Å². The van der Waals surface area contributed by atoms with Crippen LogP contribution in [0.15, 0.2) is 18.3 Å². The summed E-state index contributed by atoms with van der Waals surface area (Å²) in [6.07, 6.45) is 1.80. The van der Waals surface area contributed by atoms with Crippen molar-refractivity contribution < 1.29 is 4.74 Å². The Bertz CT molecular complexity index is 525. The number of aryl methyl sites for hydroxylation is 2. The second-order valence-electron chi connectivity index (χ2n) is 4.24. The predicted molar refractivity (Wildman–Crippen MR) is 73.3 cm³/mol. The highest BCUT2D eigenvalue weighted by molar-refractivity contribution is 7.05. The van der Waals surface area contributed by atoms with Crippen LogP contribution in [0.2, 0.25) is 0 Å². The van der Waals surface area contributed by atoms with Crippen LogP contribution in [0.3, 0.4) is 0 Å². The minimum Gasteiger partial charge on any atom is -0.496 e. The molecule has 1 unspecified atom stereocenters. The molecule has 0 fully saturated rings. The van der Waals surface area contributed by atoms with Gasteiger partial charge in [-0.05, 0) is 49.6 Å². The van der Waals surface area contributed by atoms with Crippen LogP contribution in [-0.4, -0.2) is 23.7 Å². The molecule has 0 aliphatic carbocycles. The Morgan fingerprint density at radius 3 is 2.67 bits per heavy atom. The Balaban J connectivity index is 2.55. The van der Waals surface area contributed by atoms with Crippen molar-refractivity contribution in [1.82, 2.24) is 14.9 Å². The number of benzene rings is 1.